The van der Waals surface area contributed by atoms with E-state index in [1.165, 1.54) is 11.8 Å². The number of fused-ring (bicyclic) bond motifs is 3. The van der Waals surface area contributed by atoms with Gasteiger partial charge in [0, 0.05) is 23.0 Å². The summed E-state index contributed by atoms with van der Waals surface area (Å²) in [5.74, 6) is -0.0476. The van der Waals surface area contributed by atoms with Crippen LogP contribution in [-0.2, 0) is 17.8 Å². The standard InChI is InChI=1S/C16H16Cl2N4OS/c17-10-6-11(21-4-1-3-19)14-9-2-5-22(13(23)7-20)8-12(9)24-16(14)15(10)18/h1,3-4,6H,2,5,7-8,19-20H2/b3-1-,21-4?. The Morgan fingerprint density at radius 3 is 2.96 bits per heavy atom. The number of nitrogens with two attached hydrogens (primary N) is 2. The fraction of sp³-hybridized carbons (Fsp3) is 0.250. The molecule has 1 aliphatic heterocycles. The number of carbonyl (C=O) groups excluding carboxylic acids is 1. The summed E-state index contributed by atoms with van der Waals surface area (Å²) >= 11 is 14.2. The van der Waals surface area contributed by atoms with Crippen molar-refractivity contribution in [1.29, 1.82) is 0 Å². The minimum Gasteiger partial charge on any atom is -0.405 e. The molecule has 1 aromatic carbocycles. The summed E-state index contributed by atoms with van der Waals surface area (Å²) in [7, 11) is 0. The number of halogens is 2. The number of thiophene rings is 1. The predicted molar refractivity (Wildman–Crippen MR) is 101 cm³/mol. The van der Waals surface area contributed by atoms with Gasteiger partial charge >= 0.3 is 0 Å². The Balaban J connectivity index is 2.14. The van der Waals surface area contributed by atoms with Crippen LogP contribution in [0.2, 0.25) is 10.0 Å². The Labute approximate surface area is 153 Å². The Morgan fingerprint density at radius 1 is 1.46 bits per heavy atom. The first-order chi connectivity index (χ1) is 11.6. The van der Waals surface area contributed by atoms with Gasteiger partial charge in [-0.1, -0.05) is 23.2 Å². The summed E-state index contributed by atoms with van der Waals surface area (Å²) < 4.78 is 0.903. The quantitative estimate of drug-likeness (QED) is 0.798. The Kier molecular flexibility index (Phi) is 5.10. The molecule has 24 heavy (non-hydrogen) atoms. The van der Waals surface area contributed by atoms with Crippen molar-refractivity contribution in [2.45, 2.75) is 13.0 Å². The van der Waals surface area contributed by atoms with E-state index in [1.54, 1.807) is 34.6 Å². The van der Waals surface area contributed by atoms with Crippen molar-refractivity contribution in [3.8, 4) is 0 Å². The summed E-state index contributed by atoms with van der Waals surface area (Å²) in [5, 5.41) is 1.99. The number of allylic oxidation sites excluding steroid dienone is 1. The van der Waals surface area contributed by atoms with E-state index in [4.69, 9.17) is 34.7 Å². The van der Waals surface area contributed by atoms with E-state index in [1.807, 2.05) is 0 Å². The molecule has 2 heterocycles. The summed E-state index contributed by atoms with van der Waals surface area (Å²) in [5.41, 5.74) is 12.8. The maximum atomic E-state index is 11.9. The zero-order valence-corrected chi connectivity index (χ0v) is 15.1. The summed E-state index contributed by atoms with van der Waals surface area (Å²) in [6.45, 7) is 1.21. The lowest BCUT2D eigenvalue weighted by Crippen LogP contribution is -2.39. The van der Waals surface area contributed by atoms with Crippen LogP contribution in [0.1, 0.15) is 10.4 Å². The van der Waals surface area contributed by atoms with E-state index in [2.05, 4.69) is 4.99 Å². The van der Waals surface area contributed by atoms with Gasteiger partial charge in [0.1, 0.15) is 0 Å². The van der Waals surface area contributed by atoms with E-state index >= 15 is 0 Å². The lowest BCUT2D eigenvalue weighted by molar-refractivity contribution is -0.130. The molecule has 1 amide bonds. The van der Waals surface area contributed by atoms with Gasteiger partial charge in [0.15, 0.2) is 0 Å². The van der Waals surface area contributed by atoms with Crippen LogP contribution in [0.15, 0.2) is 23.3 Å². The second-order valence-electron chi connectivity index (χ2n) is 5.33. The van der Waals surface area contributed by atoms with Crippen LogP contribution < -0.4 is 11.5 Å². The SMILES string of the molecule is N/C=C\C=Nc1cc(Cl)c(Cl)c2sc3c(c12)CCN(C(=O)CN)C3. The van der Waals surface area contributed by atoms with Gasteiger partial charge in [0.05, 0.1) is 33.5 Å². The Hall–Kier alpha value is -1.60. The zero-order chi connectivity index (χ0) is 17.3. The molecule has 5 nitrogen and oxygen atoms in total. The van der Waals surface area contributed by atoms with Crippen molar-refractivity contribution in [2.24, 2.45) is 16.5 Å². The molecule has 126 valence electrons. The molecule has 2 aromatic rings. The largest absolute Gasteiger partial charge is 0.405 e. The van der Waals surface area contributed by atoms with Crippen LogP contribution >= 0.6 is 34.5 Å². The van der Waals surface area contributed by atoms with Gasteiger partial charge in [0.25, 0.3) is 0 Å². The topological polar surface area (TPSA) is 84.7 Å². The van der Waals surface area contributed by atoms with E-state index < -0.39 is 0 Å². The number of aliphatic imine (C=N–C) groups is 1. The number of rotatable bonds is 3. The molecule has 0 atom stereocenters. The Bertz CT molecular complexity index is 860. The summed E-state index contributed by atoms with van der Waals surface area (Å²) in [4.78, 5) is 19.2. The second kappa shape index (κ2) is 7.11. The molecule has 3 rings (SSSR count). The highest BCUT2D eigenvalue weighted by atomic mass is 35.5. The molecule has 0 fully saturated rings. The lowest BCUT2D eigenvalue weighted by atomic mass is 10.0. The monoisotopic (exact) mass is 382 g/mol. The van der Waals surface area contributed by atoms with Gasteiger partial charge in [-0.15, -0.1) is 11.3 Å². The molecule has 0 radical (unpaired) electrons. The predicted octanol–water partition coefficient (Wildman–Crippen LogP) is 3.23. The highest BCUT2D eigenvalue weighted by molar-refractivity contribution is 7.20. The molecule has 8 heteroatoms. The molecule has 0 saturated carbocycles. The third-order valence-corrected chi connectivity index (χ3v) is 6.06. The molecule has 0 spiro atoms. The molecule has 0 bridgehead atoms. The van der Waals surface area contributed by atoms with Crippen molar-refractivity contribution in [1.82, 2.24) is 4.90 Å². The van der Waals surface area contributed by atoms with E-state index in [9.17, 15) is 4.79 Å². The van der Waals surface area contributed by atoms with E-state index in [-0.39, 0.29) is 12.5 Å². The van der Waals surface area contributed by atoms with Gasteiger partial charge in [-0.3, -0.25) is 9.79 Å². The minimum atomic E-state index is -0.0476. The van der Waals surface area contributed by atoms with E-state index in [0.29, 0.717) is 23.1 Å². The average molecular weight is 383 g/mol. The second-order valence-corrected chi connectivity index (χ2v) is 7.22. The fourth-order valence-corrected chi connectivity index (χ4v) is 4.65. The van der Waals surface area contributed by atoms with Crippen LogP contribution in [0.4, 0.5) is 5.69 Å². The van der Waals surface area contributed by atoms with Crippen LogP contribution in [0.5, 0.6) is 0 Å². The van der Waals surface area contributed by atoms with Gasteiger partial charge in [-0.05, 0) is 30.3 Å². The van der Waals surface area contributed by atoms with Crippen molar-refractivity contribution in [2.75, 3.05) is 13.1 Å². The van der Waals surface area contributed by atoms with Gasteiger partial charge in [-0.25, -0.2) is 0 Å². The molecule has 0 aliphatic carbocycles. The average Bonchev–Trinajstić information content (AvgIpc) is 2.97. The number of hydrogen-bond donors (Lipinski definition) is 2. The zero-order valence-electron chi connectivity index (χ0n) is 12.8. The number of carbonyl (C=O) groups is 1. The molecular formula is C16H16Cl2N4OS. The lowest BCUT2D eigenvalue weighted by Gasteiger charge is -2.26. The Morgan fingerprint density at radius 2 is 2.25 bits per heavy atom. The number of hydrogen-bond acceptors (Lipinski definition) is 5. The van der Waals surface area contributed by atoms with Crippen LogP contribution in [-0.4, -0.2) is 30.1 Å². The summed E-state index contributed by atoms with van der Waals surface area (Å²) in [6.07, 6.45) is 5.43. The van der Waals surface area contributed by atoms with Gasteiger partial charge in [-0.2, -0.15) is 0 Å². The third-order valence-electron chi connectivity index (χ3n) is 3.92. The smallest absolute Gasteiger partial charge is 0.236 e. The van der Waals surface area contributed by atoms with Crippen molar-refractivity contribution in [3.63, 3.8) is 0 Å². The third kappa shape index (κ3) is 3.02. The highest BCUT2D eigenvalue weighted by Gasteiger charge is 2.26. The normalized spacial score (nSPS) is 14.9. The molecule has 0 saturated heterocycles. The first kappa shape index (κ1) is 17.2. The highest BCUT2D eigenvalue weighted by Crippen LogP contribution is 2.46. The minimum absolute atomic E-state index is 0.0216. The molecule has 0 unspecified atom stereocenters. The molecule has 4 N–H and O–H groups in total. The maximum Gasteiger partial charge on any atom is 0.236 e. The molecule has 1 aliphatic rings. The first-order valence-electron chi connectivity index (χ1n) is 7.37. The van der Waals surface area contributed by atoms with E-state index in [0.717, 1.165) is 27.1 Å². The molecule has 1 aromatic heterocycles. The molecular weight excluding hydrogens is 367 g/mol. The fourth-order valence-electron chi connectivity index (χ4n) is 2.81. The van der Waals surface area contributed by atoms with Crippen molar-refractivity contribution < 1.29 is 4.79 Å². The van der Waals surface area contributed by atoms with Gasteiger partial charge < -0.3 is 16.4 Å². The van der Waals surface area contributed by atoms with Crippen LogP contribution in [0, 0.1) is 0 Å². The van der Waals surface area contributed by atoms with Crippen LogP contribution in [0.3, 0.4) is 0 Å². The number of amides is 1. The van der Waals surface area contributed by atoms with Crippen molar-refractivity contribution >= 4 is 62.4 Å². The number of benzene rings is 1. The number of nitrogens with zero attached hydrogens (tertiary/aromatic N) is 2. The maximum absolute atomic E-state index is 11.9. The summed E-state index contributed by atoms with van der Waals surface area (Å²) in [6, 6.07) is 1.76. The van der Waals surface area contributed by atoms with Crippen LogP contribution in [0.25, 0.3) is 10.1 Å². The van der Waals surface area contributed by atoms with Crippen molar-refractivity contribution in [3.05, 3.63) is 38.8 Å². The van der Waals surface area contributed by atoms with Gasteiger partial charge in [0.2, 0.25) is 5.91 Å². The first-order valence-corrected chi connectivity index (χ1v) is 8.95.